The molecule has 2 N–H and O–H groups in total. The number of halogens is 2. The summed E-state index contributed by atoms with van der Waals surface area (Å²) in [6.07, 6.45) is 1.05. The number of carbonyl (C=O) groups excluding carboxylic acids is 1. The van der Waals surface area contributed by atoms with Crippen LogP contribution in [0.1, 0.15) is 24.5 Å². The number of nitrogens with one attached hydrogen (secondary N) is 1. The van der Waals surface area contributed by atoms with Crippen LogP contribution in [-0.2, 0) is 0 Å². The number of urea groups is 1. The van der Waals surface area contributed by atoms with Gasteiger partial charge in [-0.05, 0) is 42.5 Å². The zero-order valence-electron chi connectivity index (χ0n) is 13.7. The number of rotatable bonds is 3. The topological polar surface area (TPSA) is 52.6 Å². The van der Waals surface area contributed by atoms with Gasteiger partial charge in [-0.15, -0.1) is 0 Å². The molecular weight excluding hydrogens is 359 g/mol. The Hall–Kier alpha value is -1.75. The van der Waals surface area contributed by atoms with E-state index in [0.29, 0.717) is 28.8 Å². The van der Waals surface area contributed by atoms with Crippen LogP contribution in [-0.4, -0.2) is 29.1 Å². The minimum Gasteiger partial charge on any atom is -0.388 e. The van der Waals surface area contributed by atoms with Crippen LogP contribution < -0.4 is 5.32 Å². The molecule has 3 rings (SSSR count). The maximum atomic E-state index is 12.4. The molecule has 0 spiro atoms. The summed E-state index contributed by atoms with van der Waals surface area (Å²) in [5.41, 5.74) is 1.55. The largest absolute Gasteiger partial charge is 0.388 e. The highest BCUT2D eigenvalue weighted by atomic mass is 35.5. The molecule has 0 radical (unpaired) electrons. The highest BCUT2D eigenvalue weighted by molar-refractivity contribution is 6.42. The molecule has 0 bridgehead atoms. The lowest BCUT2D eigenvalue weighted by Crippen LogP contribution is -2.42. The third kappa shape index (κ3) is 4.46. The van der Waals surface area contributed by atoms with Gasteiger partial charge in [0.2, 0.25) is 0 Å². The Morgan fingerprint density at radius 2 is 1.76 bits per heavy atom. The molecule has 25 heavy (non-hydrogen) atoms. The first-order valence-electron chi connectivity index (χ1n) is 8.28. The summed E-state index contributed by atoms with van der Waals surface area (Å²) in [6, 6.07) is 14.5. The van der Waals surface area contributed by atoms with E-state index in [4.69, 9.17) is 23.2 Å². The minimum atomic E-state index is -0.485. The molecule has 0 aliphatic carbocycles. The van der Waals surface area contributed by atoms with Crippen LogP contribution in [0.4, 0.5) is 10.5 Å². The fourth-order valence-corrected chi connectivity index (χ4v) is 3.42. The Morgan fingerprint density at radius 1 is 1.08 bits per heavy atom. The number of benzene rings is 2. The molecule has 1 atom stereocenters. The first kappa shape index (κ1) is 18.1. The quantitative estimate of drug-likeness (QED) is 0.791. The van der Waals surface area contributed by atoms with Gasteiger partial charge >= 0.3 is 6.03 Å². The number of aliphatic hydroxyl groups excluding tert-OH is 1. The molecule has 2 amide bonds. The molecule has 4 nitrogen and oxygen atoms in total. The van der Waals surface area contributed by atoms with E-state index in [0.717, 1.165) is 18.4 Å². The predicted molar refractivity (Wildman–Crippen MR) is 101 cm³/mol. The van der Waals surface area contributed by atoms with Gasteiger partial charge in [0.25, 0.3) is 0 Å². The van der Waals surface area contributed by atoms with Crippen molar-refractivity contribution in [3.8, 4) is 0 Å². The molecular formula is C19H20Cl2N2O2. The summed E-state index contributed by atoms with van der Waals surface area (Å²) in [7, 11) is 0. The van der Waals surface area contributed by atoms with E-state index in [1.165, 1.54) is 0 Å². The molecule has 0 saturated carbocycles. The van der Waals surface area contributed by atoms with Gasteiger partial charge in [-0.2, -0.15) is 0 Å². The van der Waals surface area contributed by atoms with Gasteiger partial charge < -0.3 is 15.3 Å². The molecule has 1 saturated heterocycles. The first-order chi connectivity index (χ1) is 12.0. The zero-order chi connectivity index (χ0) is 17.8. The van der Waals surface area contributed by atoms with E-state index < -0.39 is 6.10 Å². The lowest BCUT2D eigenvalue weighted by atomic mass is 9.87. The molecule has 1 aliphatic heterocycles. The monoisotopic (exact) mass is 378 g/mol. The highest BCUT2D eigenvalue weighted by Gasteiger charge is 2.28. The summed E-state index contributed by atoms with van der Waals surface area (Å²) in [5.74, 6) is 0.163. The summed E-state index contributed by atoms with van der Waals surface area (Å²) in [6.45, 7) is 1.23. The number of hydrogen-bond acceptors (Lipinski definition) is 2. The SMILES string of the molecule is O=C(Nc1ccc(Cl)c(Cl)c1)N1CCC([C@@H](O)c2ccccc2)CC1. The minimum absolute atomic E-state index is 0.161. The van der Waals surface area contributed by atoms with Crippen LogP contribution in [0.25, 0.3) is 0 Å². The van der Waals surface area contributed by atoms with Crippen LogP contribution in [0.5, 0.6) is 0 Å². The molecule has 1 fully saturated rings. The van der Waals surface area contributed by atoms with Crippen molar-refractivity contribution < 1.29 is 9.90 Å². The average molecular weight is 379 g/mol. The van der Waals surface area contributed by atoms with E-state index in [-0.39, 0.29) is 11.9 Å². The second-order valence-electron chi connectivity index (χ2n) is 6.24. The summed E-state index contributed by atoms with van der Waals surface area (Å²) in [5, 5.41) is 14.2. The molecule has 132 valence electrons. The molecule has 6 heteroatoms. The number of nitrogens with zero attached hydrogens (tertiary/aromatic N) is 1. The van der Waals surface area contributed by atoms with Crippen LogP contribution in [0.15, 0.2) is 48.5 Å². The number of likely N-dealkylation sites (tertiary alicyclic amines) is 1. The Morgan fingerprint density at radius 3 is 2.40 bits per heavy atom. The Bertz CT molecular complexity index is 731. The average Bonchev–Trinajstić information content (AvgIpc) is 2.65. The Balaban J connectivity index is 1.54. The van der Waals surface area contributed by atoms with Crippen molar-refractivity contribution in [1.82, 2.24) is 4.90 Å². The van der Waals surface area contributed by atoms with Gasteiger partial charge in [0.05, 0.1) is 16.1 Å². The van der Waals surface area contributed by atoms with Crippen molar-refractivity contribution in [3.05, 3.63) is 64.1 Å². The van der Waals surface area contributed by atoms with Gasteiger partial charge in [0.15, 0.2) is 0 Å². The number of hydrogen-bond donors (Lipinski definition) is 2. The van der Waals surface area contributed by atoms with E-state index in [1.807, 2.05) is 30.3 Å². The van der Waals surface area contributed by atoms with Crippen LogP contribution in [0.2, 0.25) is 10.0 Å². The lowest BCUT2D eigenvalue weighted by Gasteiger charge is -2.34. The normalized spacial score (nSPS) is 16.5. The number of anilines is 1. The summed E-state index contributed by atoms with van der Waals surface area (Å²) >= 11 is 11.9. The number of amides is 2. The molecule has 1 heterocycles. The summed E-state index contributed by atoms with van der Waals surface area (Å²) in [4.78, 5) is 14.1. The van der Waals surface area contributed by atoms with Gasteiger partial charge in [-0.25, -0.2) is 4.79 Å². The van der Waals surface area contributed by atoms with Crippen molar-refractivity contribution >= 4 is 34.9 Å². The number of aliphatic hydroxyl groups is 1. The molecule has 2 aromatic rings. The van der Waals surface area contributed by atoms with Crippen molar-refractivity contribution in [2.75, 3.05) is 18.4 Å². The second kappa shape index (κ2) is 8.09. The van der Waals surface area contributed by atoms with Crippen molar-refractivity contribution in [1.29, 1.82) is 0 Å². The fourth-order valence-electron chi connectivity index (χ4n) is 3.12. The second-order valence-corrected chi connectivity index (χ2v) is 7.05. The van der Waals surface area contributed by atoms with Gasteiger partial charge in [-0.1, -0.05) is 53.5 Å². The van der Waals surface area contributed by atoms with E-state index in [2.05, 4.69) is 5.32 Å². The van der Waals surface area contributed by atoms with Crippen LogP contribution in [0, 0.1) is 5.92 Å². The zero-order valence-corrected chi connectivity index (χ0v) is 15.2. The Labute approximate surface area is 157 Å². The van der Waals surface area contributed by atoms with E-state index >= 15 is 0 Å². The first-order valence-corrected chi connectivity index (χ1v) is 9.04. The van der Waals surface area contributed by atoms with Gasteiger partial charge in [0.1, 0.15) is 0 Å². The highest BCUT2D eigenvalue weighted by Crippen LogP contribution is 2.31. The molecule has 0 unspecified atom stereocenters. The number of piperidine rings is 1. The van der Waals surface area contributed by atoms with E-state index in [1.54, 1.807) is 23.1 Å². The van der Waals surface area contributed by atoms with Crippen LogP contribution >= 0.6 is 23.2 Å². The molecule has 1 aliphatic rings. The maximum absolute atomic E-state index is 12.4. The smallest absolute Gasteiger partial charge is 0.321 e. The van der Waals surface area contributed by atoms with Gasteiger partial charge in [-0.3, -0.25) is 0 Å². The predicted octanol–water partition coefficient (Wildman–Crippen LogP) is 4.97. The van der Waals surface area contributed by atoms with E-state index in [9.17, 15) is 9.90 Å². The van der Waals surface area contributed by atoms with Crippen LogP contribution in [0.3, 0.4) is 0 Å². The maximum Gasteiger partial charge on any atom is 0.321 e. The van der Waals surface area contributed by atoms with Crippen molar-refractivity contribution in [2.24, 2.45) is 5.92 Å². The molecule has 0 aromatic heterocycles. The Kier molecular flexibility index (Phi) is 5.84. The number of carbonyl (C=O) groups is 1. The lowest BCUT2D eigenvalue weighted by molar-refractivity contribution is 0.0683. The summed E-state index contributed by atoms with van der Waals surface area (Å²) < 4.78 is 0. The standard InChI is InChI=1S/C19H20Cl2N2O2/c20-16-7-6-15(12-17(16)21)22-19(25)23-10-8-14(9-11-23)18(24)13-4-2-1-3-5-13/h1-7,12,14,18,24H,8-11H2,(H,22,25)/t18-/m0/s1. The third-order valence-electron chi connectivity index (χ3n) is 4.59. The van der Waals surface area contributed by atoms with Gasteiger partial charge in [0, 0.05) is 18.8 Å². The van der Waals surface area contributed by atoms with Crippen molar-refractivity contribution in [3.63, 3.8) is 0 Å². The third-order valence-corrected chi connectivity index (χ3v) is 5.32. The fraction of sp³-hybridized carbons (Fsp3) is 0.316. The van der Waals surface area contributed by atoms with Crippen molar-refractivity contribution in [2.45, 2.75) is 18.9 Å². The molecule has 2 aromatic carbocycles.